The van der Waals surface area contributed by atoms with E-state index in [1.54, 1.807) is 31.0 Å². The lowest BCUT2D eigenvalue weighted by Crippen LogP contribution is -2.12. The number of nitrogens with zero attached hydrogens (tertiary/aromatic N) is 6. The molecule has 194 valence electrons. The lowest BCUT2D eigenvalue weighted by atomic mass is 10.1. The second kappa shape index (κ2) is 10.1. The number of aromatic amines is 2. The maximum atomic E-state index is 16.1. The SMILES string of the molecule is Fc1c(-c2cncc(CNCc3ccccc3)c2)cnc2[nH]nc(-c3nc4c(-c5ccncc5)nccc4[nH]3)c12. The van der Waals surface area contributed by atoms with Gasteiger partial charge in [0.05, 0.1) is 16.6 Å². The molecule has 7 rings (SSSR count). The summed E-state index contributed by atoms with van der Waals surface area (Å²) < 4.78 is 16.1. The van der Waals surface area contributed by atoms with Crippen LogP contribution in [0, 0.1) is 5.82 Å². The Morgan fingerprint density at radius 2 is 1.62 bits per heavy atom. The van der Waals surface area contributed by atoms with Gasteiger partial charge in [-0.2, -0.15) is 5.10 Å². The minimum Gasteiger partial charge on any atom is -0.336 e. The van der Waals surface area contributed by atoms with Crippen LogP contribution in [0.3, 0.4) is 0 Å². The van der Waals surface area contributed by atoms with Crippen LogP contribution < -0.4 is 5.32 Å². The van der Waals surface area contributed by atoms with E-state index in [0.717, 1.165) is 23.2 Å². The molecule has 7 aromatic rings. The summed E-state index contributed by atoms with van der Waals surface area (Å²) in [6.07, 6.45) is 10.0. The number of pyridine rings is 4. The van der Waals surface area contributed by atoms with Crippen LogP contribution in [-0.2, 0) is 13.1 Å². The average Bonchev–Trinajstić information content (AvgIpc) is 3.63. The molecule has 3 N–H and O–H groups in total. The van der Waals surface area contributed by atoms with Crippen LogP contribution in [0.1, 0.15) is 11.1 Å². The maximum absolute atomic E-state index is 16.1. The van der Waals surface area contributed by atoms with Crippen molar-refractivity contribution in [3.8, 4) is 33.9 Å². The zero-order valence-corrected chi connectivity index (χ0v) is 21.1. The molecule has 0 fully saturated rings. The van der Waals surface area contributed by atoms with Crippen LogP contribution in [0.5, 0.6) is 0 Å². The first-order valence-corrected chi connectivity index (χ1v) is 12.7. The lowest BCUT2D eigenvalue weighted by molar-refractivity contribution is 0.642. The number of benzene rings is 1. The Bertz CT molecular complexity index is 1950. The normalized spacial score (nSPS) is 11.4. The van der Waals surface area contributed by atoms with Crippen molar-refractivity contribution in [1.29, 1.82) is 0 Å². The van der Waals surface area contributed by atoms with Crippen molar-refractivity contribution in [2.75, 3.05) is 0 Å². The zero-order chi connectivity index (χ0) is 26.9. The minimum atomic E-state index is -0.446. The molecular weight excluding hydrogens is 505 g/mol. The molecule has 0 aliphatic rings. The summed E-state index contributed by atoms with van der Waals surface area (Å²) in [5, 5.41) is 10.9. The molecule has 6 heterocycles. The van der Waals surface area contributed by atoms with E-state index in [9.17, 15) is 0 Å². The van der Waals surface area contributed by atoms with E-state index in [-0.39, 0.29) is 5.39 Å². The van der Waals surface area contributed by atoms with Crippen molar-refractivity contribution in [2.45, 2.75) is 13.1 Å². The van der Waals surface area contributed by atoms with Crippen LogP contribution in [-0.4, -0.2) is 40.1 Å². The van der Waals surface area contributed by atoms with E-state index in [4.69, 9.17) is 4.98 Å². The molecule has 0 radical (unpaired) electrons. The number of halogens is 1. The van der Waals surface area contributed by atoms with Crippen molar-refractivity contribution in [2.24, 2.45) is 0 Å². The van der Waals surface area contributed by atoms with Crippen LogP contribution in [0.15, 0.2) is 91.8 Å². The minimum absolute atomic E-state index is 0.252. The standard InChI is InChI=1S/C30H22FN9/c31-25-22(21-12-19(15-34-16-21)14-33-13-18-4-2-1-3-5-18)17-36-29-24(25)28(39-40-29)30-37-23-8-11-35-26(27(23)38-30)20-6-9-32-10-7-20/h1-12,15-17,33H,13-14H2,(H,37,38)(H,36,39,40). The van der Waals surface area contributed by atoms with Crippen LogP contribution in [0.2, 0.25) is 0 Å². The summed E-state index contributed by atoms with van der Waals surface area (Å²) in [7, 11) is 0. The predicted octanol–water partition coefficient (Wildman–Crippen LogP) is 5.45. The van der Waals surface area contributed by atoms with Gasteiger partial charge in [0.25, 0.3) is 0 Å². The Balaban J connectivity index is 1.23. The van der Waals surface area contributed by atoms with E-state index in [0.29, 0.717) is 46.0 Å². The molecule has 9 nitrogen and oxygen atoms in total. The number of aromatic nitrogens is 8. The first kappa shape index (κ1) is 23.7. The molecule has 0 amide bonds. The topological polar surface area (TPSA) is 121 Å². The molecule has 10 heteroatoms. The Labute approximate surface area is 227 Å². The molecule has 0 saturated heterocycles. The van der Waals surface area contributed by atoms with Gasteiger partial charge in [0.2, 0.25) is 0 Å². The first-order chi connectivity index (χ1) is 19.7. The molecule has 0 unspecified atom stereocenters. The van der Waals surface area contributed by atoms with Gasteiger partial charge in [-0.05, 0) is 35.4 Å². The molecule has 0 bridgehead atoms. The second-order valence-electron chi connectivity index (χ2n) is 9.33. The molecule has 0 aliphatic heterocycles. The van der Waals surface area contributed by atoms with Crippen LogP contribution in [0.4, 0.5) is 4.39 Å². The Kier molecular flexibility index (Phi) is 5.98. The third kappa shape index (κ3) is 4.36. The summed E-state index contributed by atoms with van der Waals surface area (Å²) >= 11 is 0. The fourth-order valence-corrected chi connectivity index (χ4v) is 4.77. The average molecular weight is 528 g/mol. The number of imidazole rings is 1. The highest BCUT2D eigenvalue weighted by molar-refractivity contribution is 5.96. The summed E-state index contributed by atoms with van der Waals surface area (Å²) in [5.41, 5.74) is 6.76. The van der Waals surface area contributed by atoms with Crippen LogP contribution in [0.25, 0.3) is 56.0 Å². The molecule has 0 atom stereocenters. The summed E-state index contributed by atoms with van der Waals surface area (Å²) in [4.78, 5) is 25.4. The number of fused-ring (bicyclic) bond motifs is 2. The van der Waals surface area contributed by atoms with Crippen molar-refractivity contribution in [1.82, 2.24) is 45.4 Å². The monoisotopic (exact) mass is 527 g/mol. The van der Waals surface area contributed by atoms with E-state index < -0.39 is 5.82 Å². The van der Waals surface area contributed by atoms with Gasteiger partial charge < -0.3 is 10.3 Å². The number of nitrogens with one attached hydrogen (secondary N) is 3. The maximum Gasteiger partial charge on any atom is 0.159 e. The highest BCUT2D eigenvalue weighted by atomic mass is 19.1. The Morgan fingerprint density at radius 1 is 0.775 bits per heavy atom. The second-order valence-corrected chi connectivity index (χ2v) is 9.33. The van der Waals surface area contributed by atoms with Gasteiger partial charge in [0, 0.05) is 67.0 Å². The van der Waals surface area contributed by atoms with Crippen molar-refractivity contribution >= 4 is 22.1 Å². The Hall–Kier alpha value is -5.35. The molecular formula is C30H22FN9. The predicted molar refractivity (Wildman–Crippen MR) is 150 cm³/mol. The zero-order valence-electron chi connectivity index (χ0n) is 21.1. The largest absolute Gasteiger partial charge is 0.336 e. The number of hydrogen-bond acceptors (Lipinski definition) is 7. The van der Waals surface area contributed by atoms with Gasteiger partial charge in [-0.3, -0.25) is 20.1 Å². The van der Waals surface area contributed by atoms with Gasteiger partial charge in [0.15, 0.2) is 11.5 Å². The quantitative estimate of drug-likeness (QED) is 0.252. The Morgan fingerprint density at radius 3 is 2.50 bits per heavy atom. The number of hydrogen-bond donors (Lipinski definition) is 3. The first-order valence-electron chi connectivity index (χ1n) is 12.7. The lowest BCUT2D eigenvalue weighted by Gasteiger charge is -2.08. The molecule has 6 aromatic heterocycles. The van der Waals surface area contributed by atoms with E-state index in [1.165, 1.54) is 11.8 Å². The van der Waals surface area contributed by atoms with Gasteiger partial charge in [-0.15, -0.1) is 0 Å². The van der Waals surface area contributed by atoms with E-state index in [1.807, 2.05) is 42.5 Å². The molecule has 1 aromatic carbocycles. The number of H-pyrrole nitrogens is 2. The third-order valence-electron chi connectivity index (χ3n) is 6.71. The van der Waals surface area contributed by atoms with E-state index in [2.05, 4.69) is 52.6 Å². The van der Waals surface area contributed by atoms with Gasteiger partial charge >= 0.3 is 0 Å². The van der Waals surface area contributed by atoms with Crippen molar-refractivity contribution < 1.29 is 4.39 Å². The van der Waals surface area contributed by atoms with Crippen molar-refractivity contribution in [3.05, 3.63) is 109 Å². The van der Waals surface area contributed by atoms with Gasteiger partial charge in [-0.25, -0.2) is 14.4 Å². The smallest absolute Gasteiger partial charge is 0.159 e. The molecule has 0 saturated carbocycles. The van der Waals surface area contributed by atoms with E-state index >= 15 is 4.39 Å². The molecule has 40 heavy (non-hydrogen) atoms. The van der Waals surface area contributed by atoms with Crippen molar-refractivity contribution in [3.63, 3.8) is 0 Å². The summed E-state index contributed by atoms with van der Waals surface area (Å²) in [5.74, 6) is -0.0303. The highest BCUT2D eigenvalue weighted by Crippen LogP contribution is 2.34. The number of rotatable bonds is 7. The highest BCUT2D eigenvalue weighted by Gasteiger charge is 2.21. The summed E-state index contributed by atoms with van der Waals surface area (Å²) in [6, 6.07) is 17.6. The molecule has 0 spiro atoms. The van der Waals surface area contributed by atoms with Crippen LogP contribution >= 0.6 is 0 Å². The molecule has 0 aliphatic carbocycles. The third-order valence-corrected chi connectivity index (χ3v) is 6.71. The van der Waals surface area contributed by atoms with Gasteiger partial charge in [0.1, 0.15) is 17.0 Å². The fraction of sp³-hybridized carbons (Fsp3) is 0.0667. The fourth-order valence-electron chi connectivity index (χ4n) is 4.77. The summed E-state index contributed by atoms with van der Waals surface area (Å²) in [6.45, 7) is 1.32. The van der Waals surface area contributed by atoms with Gasteiger partial charge in [-0.1, -0.05) is 30.3 Å².